The molecule has 2 atom stereocenters. The highest BCUT2D eigenvalue weighted by molar-refractivity contribution is 5.91. The third-order valence-corrected chi connectivity index (χ3v) is 3.59. The molecule has 1 aliphatic heterocycles. The Hall–Kier alpha value is -2.76. The number of carbonyl (C=O) groups excluding carboxylic acids is 2. The van der Waals surface area contributed by atoms with Gasteiger partial charge >= 0.3 is 11.9 Å². The number of esters is 2. The van der Waals surface area contributed by atoms with Gasteiger partial charge in [-0.25, -0.2) is 9.59 Å². The molecule has 1 aromatic rings. The molecule has 0 fully saturated rings. The molecule has 0 aromatic heterocycles. The fourth-order valence-corrected chi connectivity index (χ4v) is 2.35. The number of benzene rings is 1. The van der Waals surface area contributed by atoms with Gasteiger partial charge in [0.2, 0.25) is 5.76 Å². The van der Waals surface area contributed by atoms with Crippen LogP contribution in [0.1, 0.15) is 11.5 Å². The fraction of sp³-hybridized carbons (Fsp3) is 0.294. The first-order chi connectivity index (χ1) is 11.0. The van der Waals surface area contributed by atoms with Gasteiger partial charge in [-0.1, -0.05) is 18.7 Å². The van der Waals surface area contributed by atoms with Gasteiger partial charge in [-0.3, -0.25) is 0 Å². The second-order valence-electron chi connectivity index (χ2n) is 4.88. The van der Waals surface area contributed by atoms with E-state index in [2.05, 4.69) is 16.1 Å². The highest BCUT2D eigenvalue weighted by Crippen LogP contribution is 2.37. The van der Waals surface area contributed by atoms with Crippen LogP contribution >= 0.6 is 0 Å². The molecule has 0 aliphatic carbocycles. The van der Waals surface area contributed by atoms with E-state index < -0.39 is 18.0 Å². The first-order valence-electron chi connectivity index (χ1n) is 6.89. The number of methoxy groups -OCH3 is 3. The third kappa shape index (κ3) is 3.36. The zero-order chi connectivity index (χ0) is 17.0. The molecule has 0 saturated carbocycles. The SMILES string of the molecule is C=C(C(=O)OC)[C@H]1OC(C(=O)OC)=C[C@@H]1c1ccc(OC)cc1. The van der Waals surface area contributed by atoms with Crippen LogP contribution in [0.5, 0.6) is 5.75 Å². The minimum absolute atomic E-state index is 0.0448. The fourth-order valence-electron chi connectivity index (χ4n) is 2.35. The summed E-state index contributed by atoms with van der Waals surface area (Å²) in [6.07, 6.45) is 0.886. The molecule has 0 radical (unpaired) electrons. The van der Waals surface area contributed by atoms with Gasteiger partial charge < -0.3 is 18.9 Å². The predicted molar refractivity (Wildman–Crippen MR) is 81.9 cm³/mol. The lowest BCUT2D eigenvalue weighted by molar-refractivity contribution is -0.142. The molecule has 6 nitrogen and oxygen atoms in total. The first kappa shape index (κ1) is 16.6. The van der Waals surface area contributed by atoms with Crippen LogP contribution in [0.25, 0.3) is 0 Å². The Morgan fingerprint density at radius 3 is 2.26 bits per heavy atom. The van der Waals surface area contributed by atoms with Crippen LogP contribution in [0.15, 0.2) is 48.3 Å². The van der Waals surface area contributed by atoms with Crippen LogP contribution in [0, 0.1) is 0 Å². The summed E-state index contributed by atoms with van der Waals surface area (Å²) >= 11 is 0. The third-order valence-electron chi connectivity index (χ3n) is 3.59. The summed E-state index contributed by atoms with van der Waals surface area (Å²) in [5.41, 5.74) is 0.975. The second-order valence-corrected chi connectivity index (χ2v) is 4.88. The summed E-state index contributed by atoms with van der Waals surface area (Å²) in [5.74, 6) is -0.810. The number of hydrogen-bond donors (Lipinski definition) is 0. The Balaban J connectivity index is 2.35. The first-order valence-corrected chi connectivity index (χ1v) is 6.89. The molecule has 23 heavy (non-hydrogen) atoms. The monoisotopic (exact) mass is 318 g/mol. The van der Waals surface area contributed by atoms with Crippen molar-refractivity contribution in [2.24, 2.45) is 0 Å². The average Bonchev–Trinajstić information content (AvgIpc) is 3.04. The lowest BCUT2D eigenvalue weighted by Crippen LogP contribution is -2.24. The summed E-state index contributed by atoms with van der Waals surface area (Å²) in [6.45, 7) is 3.73. The predicted octanol–water partition coefficient (Wildman–Crippen LogP) is 1.96. The van der Waals surface area contributed by atoms with Crippen molar-refractivity contribution >= 4 is 11.9 Å². The molecule has 0 spiro atoms. The molecule has 0 bridgehead atoms. The Bertz CT molecular complexity index is 644. The van der Waals surface area contributed by atoms with Crippen molar-refractivity contribution in [1.29, 1.82) is 0 Å². The number of ether oxygens (including phenoxy) is 4. The maximum Gasteiger partial charge on any atom is 0.373 e. The van der Waals surface area contributed by atoms with Crippen LogP contribution < -0.4 is 4.74 Å². The second kappa shape index (κ2) is 7.00. The van der Waals surface area contributed by atoms with Crippen molar-refractivity contribution in [3.8, 4) is 5.75 Å². The maximum absolute atomic E-state index is 11.8. The molecule has 1 heterocycles. The Labute approximate surface area is 134 Å². The van der Waals surface area contributed by atoms with Crippen LogP contribution in [-0.4, -0.2) is 39.4 Å². The standard InChI is InChI=1S/C17H18O6/c1-10(16(18)21-3)15-13(9-14(23-15)17(19)22-4)11-5-7-12(20-2)8-6-11/h5-9,13,15H,1H2,2-4H3/t13-,15-/m1/s1. The molecule has 2 rings (SSSR count). The van der Waals surface area contributed by atoms with E-state index in [1.165, 1.54) is 14.2 Å². The lowest BCUT2D eigenvalue weighted by atomic mass is 9.90. The van der Waals surface area contributed by atoms with E-state index in [-0.39, 0.29) is 17.3 Å². The lowest BCUT2D eigenvalue weighted by Gasteiger charge is -2.20. The molecule has 122 valence electrons. The van der Waals surface area contributed by atoms with Gasteiger partial charge in [0, 0.05) is 5.92 Å². The van der Waals surface area contributed by atoms with Crippen molar-refractivity contribution in [3.63, 3.8) is 0 Å². The largest absolute Gasteiger partial charge is 0.497 e. The van der Waals surface area contributed by atoms with Crippen LogP contribution in [0.3, 0.4) is 0 Å². The molecular formula is C17H18O6. The highest BCUT2D eigenvalue weighted by Gasteiger charge is 2.38. The normalized spacial score (nSPS) is 19.3. The number of carbonyl (C=O) groups is 2. The molecule has 0 unspecified atom stereocenters. The van der Waals surface area contributed by atoms with Gasteiger partial charge in [-0.05, 0) is 23.8 Å². The number of rotatable bonds is 5. The molecule has 6 heteroatoms. The zero-order valence-corrected chi connectivity index (χ0v) is 13.2. The van der Waals surface area contributed by atoms with Crippen molar-refractivity contribution in [2.45, 2.75) is 12.0 Å². The molecule has 0 saturated heterocycles. The van der Waals surface area contributed by atoms with Crippen molar-refractivity contribution in [3.05, 3.63) is 53.8 Å². The van der Waals surface area contributed by atoms with E-state index in [4.69, 9.17) is 9.47 Å². The summed E-state index contributed by atoms with van der Waals surface area (Å²) in [6, 6.07) is 7.25. The van der Waals surface area contributed by atoms with E-state index in [1.807, 2.05) is 12.1 Å². The molecule has 1 aliphatic rings. The van der Waals surface area contributed by atoms with Crippen molar-refractivity contribution < 1.29 is 28.5 Å². The highest BCUT2D eigenvalue weighted by atomic mass is 16.6. The van der Waals surface area contributed by atoms with Crippen molar-refractivity contribution in [1.82, 2.24) is 0 Å². The van der Waals surface area contributed by atoms with E-state index >= 15 is 0 Å². The average molecular weight is 318 g/mol. The van der Waals surface area contributed by atoms with E-state index in [1.54, 1.807) is 25.3 Å². The molecule has 0 amide bonds. The van der Waals surface area contributed by atoms with Crippen LogP contribution in [0.2, 0.25) is 0 Å². The van der Waals surface area contributed by atoms with Crippen molar-refractivity contribution in [2.75, 3.05) is 21.3 Å². The van der Waals surface area contributed by atoms with Crippen LogP contribution in [-0.2, 0) is 23.8 Å². The summed E-state index contributed by atoms with van der Waals surface area (Å²) in [5, 5.41) is 0. The summed E-state index contributed by atoms with van der Waals surface area (Å²) in [4.78, 5) is 23.5. The van der Waals surface area contributed by atoms with E-state index in [9.17, 15) is 9.59 Å². The quantitative estimate of drug-likeness (QED) is 0.610. The smallest absolute Gasteiger partial charge is 0.373 e. The molecular weight excluding hydrogens is 300 g/mol. The summed E-state index contributed by atoms with van der Waals surface area (Å²) < 4.78 is 20.1. The Morgan fingerprint density at radius 2 is 1.74 bits per heavy atom. The maximum atomic E-state index is 11.8. The molecule has 1 aromatic carbocycles. The van der Waals surface area contributed by atoms with Crippen LogP contribution in [0.4, 0.5) is 0 Å². The topological polar surface area (TPSA) is 71.1 Å². The van der Waals surface area contributed by atoms with Gasteiger partial charge in [-0.15, -0.1) is 0 Å². The Morgan fingerprint density at radius 1 is 1.09 bits per heavy atom. The minimum atomic E-state index is -0.732. The summed E-state index contributed by atoms with van der Waals surface area (Å²) in [7, 11) is 4.10. The molecule has 0 N–H and O–H groups in total. The Kier molecular flexibility index (Phi) is 5.05. The van der Waals surface area contributed by atoms with E-state index in [0.29, 0.717) is 5.75 Å². The minimum Gasteiger partial charge on any atom is -0.497 e. The van der Waals surface area contributed by atoms with E-state index in [0.717, 1.165) is 5.56 Å². The number of hydrogen-bond acceptors (Lipinski definition) is 6. The van der Waals surface area contributed by atoms with Gasteiger partial charge in [0.1, 0.15) is 11.9 Å². The van der Waals surface area contributed by atoms with Gasteiger partial charge in [-0.2, -0.15) is 0 Å². The van der Waals surface area contributed by atoms with Gasteiger partial charge in [0.15, 0.2) is 0 Å². The van der Waals surface area contributed by atoms with Gasteiger partial charge in [0.05, 0.1) is 26.9 Å². The van der Waals surface area contributed by atoms with Gasteiger partial charge in [0.25, 0.3) is 0 Å². The zero-order valence-electron chi connectivity index (χ0n) is 13.2.